The minimum Gasteiger partial charge on any atom is -0.300 e. The van der Waals surface area contributed by atoms with Crippen LogP contribution in [0.2, 0.25) is 0 Å². The Labute approximate surface area is 57.7 Å². The minimum absolute atomic E-state index is 0.105. The van der Waals surface area contributed by atoms with Gasteiger partial charge < -0.3 is 0 Å². The van der Waals surface area contributed by atoms with Crippen molar-refractivity contribution in [2.24, 2.45) is 0 Å². The van der Waals surface area contributed by atoms with Gasteiger partial charge in [-0.05, 0) is 6.92 Å². The van der Waals surface area contributed by atoms with Gasteiger partial charge in [0, 0.05) is 6.42 Å². The van der Waals surface area contributed by atoms with Gasteiger partial charge in [-0.15, -0.1) is 6.42 Å². The summed E-state index contributed by atoms with van der Waals surface area (Å²) in [6.45, 7) is 1.52. The van der Waals surface area contributed by atoms with E-state index in [-0.39, 0.29) is 11.8 Å². The maximum atomic E-state index is 10.4. The largest absolute Gasteiger partial charge is 0.300 e. The molecule has 0 aromatic heterocycles. The van der Waals surface area contributed by atoms with Crippen LogP contribution < -0.4 is 5.09 Å². The predicted molar refractivity (Wildman–Crippen MR) is 40.8 cm³/mol. The van der Waals surface area contributed by atoms with Crippen molar-refractivity contribution in [2.75, 3.05) is 0 Å². The highest BCUT2D eigenvalue weighted by atomic mass is 31.0. The number of carbonyl (C=O) groups excluding carboxylic acids is 1. The molecule has 9 heavy (non-hydrogen) atoms. The van der Waals surface area contributed by atoms with Crippen LogP contribution in [0.1, 0.15) is 13.3 Å². The van der Waals surface area contributed by atoms with Crippen LogP contribution in [-0.2, 0) is 4.79 Å². The Bertz CT molecular complexity index is 138. The minimum atomic E-state index is -0.132. The number of hydrogen-bond acceptors (Lipinski definition) is 2. The highest BCUT2D eigenvalue weighted by Crippen LogP contribution is 1.92. The molecule has 0 bridgehead atoms. The molecule has 2 atom stereocenters. The van der Waals surface area contributed by atoms with Crippen molar-refractivity contribution >= 4 is 15.2 Å². The maximum absolute atomic E-state index is 10.4. The Balaban J connectivity index is 3.60. The number of Topliss-reactive ketones (excluding diaryl/α,β-unsaturated/α-hetero) is 1. The van der Waals surface area contributed by atoms with Gasteiger partial charge in [0.2, 0.25) is 0 Å². The van der Waals surface area contributed by atoms with Crippen LogP contribution >= 0.6 is 9.39 Å². The molecule has 0 amide bonds. The summed E-state index contributed by atoms with van der Waals surface area (Å²) in [5.41, 5.74) is 0. The van der Waals surface area contributed by atoms with Crippen LogP contribution in [0.3, 0.4) is 0 Å². The van der Waals surface area contributed by atoms with E-state index in [0.29, 0.717) is 6.42 Å². The zero-order valence-electron chi connectivity index (χ0n) is 5.35. The zero-order chi connectivity index (χ0) is 7.28. The maximum Gasteiger partial charge on any atom is 0.132 e. The number of terminal acetylenes is 1. The van der Waals surface area contributed by atoms with Crippen molar-refractivity contribution in [2.45, 2.75) is 19.4 Å². The van der Waals surface area contributed by atoms with Gasteiger partial charge in [0.25, 0.3) is 0 Å². The quantitative estimate of drug-likeness (QED) is 0.456. The molecule has 50 valence electrons. The molecule has 2 unspecified atom stereocenters. The van der Waals surface area contributed by atoms with Gasteiger partial charge >= 0.3 is 0 Å². The predicted octanol–water partition coefficient (Wildman–Crippen LogP) is 0.347. The lowest BCUT2D eigenvalue weighted by Crippen LogP contribution is -2.20. The van der Waals surface area contributed by atoms with Crippen molar-refractivity contribution in [3.8, 4) is 12.3 Å². The summed E-state index contributed by atoms with van der Waals surface area (Å²) in [5, 5.41) is 2.74. The summed E-state index contributed by atoms with van der Waals surface area (Å²) in [5.74, 6) is 2.53. The summed E-state index contributed by atoms with van der Waals surface area (Å²) >= 11 is 0. The summed E-state index contributed by atoms with van der Waals surface area (Å²) in [7, 11) is 2.28. The monoisotopic (exact) mass is 143 g/mol. The van der Waals surface area contributed by atoms with Gasteiger partial charge in [-0.1, -0.05) is 15.3 Å². The van der Waals surface area contributed by atoms with E-state index < -0.39 is 0 Å². The highest BCUT2D eigenvalue weighted by molar-refractivity contribution is 7.13. The molecule has 0 aliphatic heterocycles. The zero-order valence-corrected chi connectivity index (χ0v) is 6.50. The fourth-order valence-corrected chi connectivity index (χ4v) is 0.667. The van der Waals surface area contributed by atoms with Crippen LogP contribution in [0.25, 0.3) is 0 Å². The van der Waals surface area contributed by atoms with Crippen LogP contribution in [0.4, 0.5) is 0 Å². The van der Waals surface area contributed by atoms with Crippen LogP contribution in [0, 0.1) is 12.3 Å². The summed E-state index contributed by atoms with van der Waals surface area (Å²) in [4.78, 5) is 10.4. The van der Waals surface area contributed by atoms with Crippen molar-refractivity contribution < 1.29 is 4.79 Å². The topological polar surface area (TPSA) is 29.1 Å². The third kappa shape index (κ3) is 4.14. The SMILES string of the molecule is C#CC(CC(C)=O)NP. The molecule has 0 rings (SSSR count). The van der Waals surface area contributed by atoms with E-state index in [0.717, 1.165) is 0 Å². The molecule has 0 heterocycles. The Hall–Kier alpha value is -0.380. The molecule has 0 aromatic carbocycles. The molecule has 0 fully saturated rings. The third-order valence-corrected chi connectivity index (χ3v) is 1.30. The first kappa shape index (κ1) is 8.62. The first-order chi connectivity index (χ1) is 4.20. The van der Waals surface area contributed by atoms with E-state index in [1.807, 2.05) is 0 Å². The lowest BCUT2D eigenvalue weighted by atomic mass is 10.2. The average Bonchev–Trinajstić information content (AvgIpc) is 1.82. The van der Waals surface area contributed by atoms with Crippen molar-refractivity contribution in [1.29, 1.82) is 0 Å². The molecule has 0 saturated heterocycles. The second-order valence-corrected chi connectivity index (χ2v) is 2.13. The standard InChI is InChI=1S/C6H10NOP/c1-3-6(7-9)4-5(2)8/h1,6-7H,4,9H2,2H3. The van der Waals surface area contributed by atoms with E-state index >= 15 is 0 Å². The molecule has 0 spiro atoms. The number of carbonyl (C=O) groups is 1. The van der Waals surface area contributed by atoms with Gasteiger partial charge in [0.05, 0.1) is 6.04 Å². The van der Waals surface area contributed by atoms with Gasteiger partial charge in [-0.25, -0.2) is 0 Å². The Morgan fingerprint density at radius 1 is 2.00 bits per heavy atom. The number of nitrogens with one attached hydrogen (secondary N) is 1. The molecule has 3 heteroatoms. The van der Waals surface area contributed by atoms with Crippen LogP contribution in [0.5, 0.6) is 0 Å². The van der Waals surface area contributed by atoms with E-state index in [9.17, 15) is 4.79 Å². The number of hydrogen-bond donors (Lipinski definition) is 1. The molecule has 2 nitrogen and oxygen atoms in total. The van der Waals surface area contributed by atoms with E-state index in [1.54, 1.807) is 0 Å². The van der Waals surface area contributed by atoms with Gasteiger partial charge in [0.15, 0.2) is 0 Å². The van der Waals surface area contributed by atoms with Gasteiger partial charge in [0.1, 0.15) is 5.78 Å². The molecule has 0 aliphatic rings. The van der Waals surface area contributed by atoms with Gasteiger partial charge in [-0.2, -0.15) is 0 Å². The average molecular weight is 143 g/mol. The Morgan fingerprint density at radius 3 is 2.67 bits per heavy atom. The second kappa shape index (κ2) is 4.49. The van der Waals surface area contributed by atoms with Gasteiger partial charge in [-0.3, -0.25) is 9.88 Å². The normalized spacial score (nSPS) is 12.1. The van der Waals surface area contributed by atoms with E-state index in [1.165, 1.54) is 6.92 Å². The van der Waals surface area contributed by atoms with Crippen molar-refractivity contribution in [1.82, 2.24) is 5.09 Å². The summed E-state index contributed by atoms with van der Waals surface area (Å²) < 4.78 is 0. The number of ketones is 1. The smallest absolute Gasteiger partial charge is 0.132 e. The summed E-state index contributed by atoms with van der Waals surface area (Å²) in [6.07, 6.45) is 5.46. The Kier molecular flexibility index (Phi) is 4.30. The highest BCUT2D eigenvalue weighted by Gasteiger charge is 2.02. The first-order valence-corrected chi connectivity index (χ1v) is 3.20. The Morgan fingerprint density at radius 2 is 2.56 bits per heavy atom. The van der Waals surface area contributed by atoms with E-state index in [2.05, 4.69) is 20.4 Å². The lowest BCUT2D eigenvalue weighted by Gasteiger charge is -2.03. The fourth-order valence-electron chi connectivity index (χ4n) is 0.453. The summed E-state index contributed by atoms with van der Waals surface area (Å²) in [6, 6.07) is -0.132. The fraction of sp³-hybridized carbons (Fsp3) is 0.500. The molecule has 0 aromatic rings. The molecular formula is C6H10NOP. The number of rotatable bonds is 3. The molecule has 1 N–H and O–H groups in total. The van der Waals surface area contributed by atoms with Crippen LogP contribution in [-0.4, -0.2) is 11.8 Å². The molecule has 0 saturated carbocycles. The van der Waals surface area contributed by atoms with Crippen molar-refractivity contribution in [3.05, 3.63) is 0 Å². The lowest BCUT2D eigenvalue weighted by molar-refractivity contribution is -0.117. The van der Waals surface area contributed by atoms with E-state index in [4.69, 9.17) is 6.42 Å². The molecule has 0 aliphatic carbocycles. The second-order valence-electron chi connectivity index (χ2n) is 1.79. The first-order valence-electron chi connectivity index (χ1n) is 2.62. The third-order valence-electron chi connectivity index (χ3n) is 0.894. The van der Waals surface area contributed by atoms with Crippen molar-refractivity contribution in [3.63, 3.8) is 0 Å². The molecule has 0 radical (unpaired) electrons. The molecular weight excluding hydrogens is 133 g/mol. The van der Waals surface area contributed by atoms with Crippen LogP contribution in [0.15, 0.2) is 0 Å².